The van der Waals surface area contributed by atoms with Crippen molar-refractivity contribution in [2.24, 2.45) is 13.0 Å². The lowest BCUT2D eigenvalue weighted by atomic mass is 10.0. The SMILES string of the molecule is Cc1ccc(CSc2nnc(C(NC(=O)c3ccc(Cl)c(Cl)c3)C(C)C)n2C)cc1. The molecule has 0 aliphatic heterocycles. The molecule has 2 aromatic carbocycles. The number of thioether (sulfide) groups is 1. The van der Waals surface area contributed by atoms with Crippen molar-refractivity contribution in [3.05, 3.63) is 75.0 Å². The van der Waals surface area contributed by atoms with Crippen molar-refractivity contribution in [2.75, 3.05) is 0 Å². The van der Waals surface area contributed by atoms with Crippen molar-refractivity contribution < 1.29 is 4.79 Å². The van der Waals surface area contributed by atoms with Crippen LogP contribution in [0.2, 0.25) is 10.0 Å². The lowest BCUT2D eigenvalue weighted by Crippen LogP contribution is -2.33. The summed E-state index contributed by atoms with van der Waals surface area (Å²) in [5.41, 5.74) is 2.91. The Bertz CT molecular complexity index is 1030. The van der Waals surface area contributed by atoms with Gasteiger partial charge in [0.2, 0.25) is 0 Å². The Morgan fingerprint density at radius 1 is 1.10 bits per heavy atom. The number of hydrogen-bond donors (Lipinski definition) is 1. The summed E-state index contributed by atoms with van der Waals surface area (Å²) in [7, 11) is 1.92. The van der Waals surface area contributed by atoms with Gasteiger partial charge in [0.05, 0.1) is 16.1 Å². The number of amides is 1. The van der Waals surface area contributed by atoms with Crippen LogP contribution in [0.5, 0.6) is 0 Å². The molecule has 3 aromatic rings. The van der Waals surface area contributed by atoms with Gasteiger partial charge in [-0.1, -0.05) is 78.6 Å². The first kappa shape index (κ1) is 22.7. The molecule has 0 radical (unpaired) electrons. The summed E-state index contributed by atoms with van der Waals surface area (Å²) >= 11 is 13.6. The molecule has 5 nitrogen and oxygen atoms in total. The third-order valence-electron chi connectivity index (χ3n) is 4.77. The van der Waals surface area contributed by atoms with E-state index in [1.54, 1.807) is 30.0 Å². The molecular formula is C22H24Cl2N4OS. The Kier molecular flexibility index (Phi) is 7.45. The van der Waals surface area contributed by atoms with Gasteiger partial charge in [0.25, 0.3) is 5.91 Å². The molecule has 0 fully saturated rings. The highest BCUT2D eigenvalue weighted by Crippen LogP contribution is 2.27. The zero-order chi connectivity index (χ0) is 21.8. The topological polar surface area (TPSA) is 59.8 Å². The molecule has 0 saturated heterocycles. The number of aromatic nitrogens is 3. The third kappa shape index (κ3) is 5.36. The van der Waals surface area contributed by atoms with Gasteiger partial charge in [-0.05, 0) is 36.6 Å². The van der Waals surface area contributed by atoms with Gasteiger partial charge in [0.1, 0.15) is 0 Å². The number of aryl methyl sites for hydroxylation is 1. The average Bonchev–Trinajstić information content (AvgIpc) is 3.07. The molecule has 0 bridgehead atoms. The second-order valence-electron chi connectivity index (χ2n) is 7.50. The highest BCUT2D eigenvalue weighted by Gasteiger charge is 2.25. The largest absolute Gasteiger partial charge is 0.342 e. The smallest absolute Gasteiger partial charge is 0.251 e. The minimum atomic E-state index is -0.293. The quantitative estimate of drug-likeness (QED) is 0.447. The molecule has 1 atom stereocenters. The minimum Gasteiger partial charge on any atom is -0.342 e. The average molecular weight is 463 g/mol. The summed E-state index contributed by atoms with van der Waals surface area (Å²) in [5, 5.41) is 13.3. The monoisotopic (exact) mass is 462 g/mol. The van der Waals surface area contributed by atoms with E-state index in [1.807, 2.05) is 25.5 Å². The predicted octanol–water partition coefficient (Wildman–Crippen LogP) is 5.85. The maximum Gasteiger partial charge on any atom is 0.251 e. The van der Waals surface area contributed by atoms with Crippen molar-refractivity contribution in [3.8, 4) is 0 Å². The predicted molar refractivity (Wildman–Crippen MR) is 123 cm³/mol. The van der Waals surface area contributed by atoms with E-state index in [4.69, 9.17) is 23.2 Å². The van der Waals surface area contributed by atoms with Crippen LogP contribution in [0.15, 0.2) is 47.6 Å². The van der Waals surface area contributed by atoms with Crippen LogP contribution in [-0.4, -0.2) is 20.7 Å². The molecule has 158 valence electrons. The van der Waals surface area contributed by atoms with Crippen molar-refractivity contribution in [2.45, 2.75) is 37.7 Å². The lowest BCUT2D eigenvalue weighted by molar-refractivity contribution is 0.0922. The van der Waals surface area contributed by atoms with E-state index in [1.165, 1.54) is 11.1 Å². The van der Waals surface area contributed by atoms with Crippen LogP contribution < -0.4 is 5.32 Å². The van der Waals surface area contributed by atoms with Gasteiger partial charge in [-0.3, -0.25) is 4.79 Å². The van der Waals surface area contributed by atoms with Gasteiger partial charge in [-0.25, -0.2) is 0 Å². The number of halogens is 2. The van der Waals surface area contributed by atoms with Crippen LogP contribution >= 0.6 is 35.0 Å². The number of carbonyl (C=O) groups is 1. The number of benzene rings is 2. The molecule has 1 aromatic heterocycles. The molecule has 1 unspecified atom stereocenters. The number of carbonyl (C=O) groups excluding carboxylic acids is 1. The summed E-state index contributed by atoms with van der Waals surface area (Å²) in [5.74, 6) is 1.40. The normalized spacial score (nSPS) is 12.2. The maximum atomic E-state index is 12.8. The third-order valence-corrected chi connectivity index (χ3v) is 6.60. The van der Waals surface area contributed by atoms with Gasteiger partial charge >= 0.3 is 0 Å². The van der Waals surface area contributed by atoms with Gasteiger partial charge in [-0.15, -0.1) is 10.2 Å². The zero-order valence-corrected chi connectivity index (χ0v) is 19.6. The Hall–Kier alpha value is -2.02. The summed E-state index contributed by atoms with van der Waals surface area (Å²) in [6.07, 6.45) is 0. The van der Waals surface area contributed by atoms with E-state index < -0.39 is 0 Å². The molecule has 0 aliphatic rings. The maximum absolute atomic E-state index is 12.8. The van der Waals surface area contributed by atoms with E-state index in [-0.39, 0.29) is 17.9 Å². The van der Waals surface area contributed by atoms with E-state index in [2.05, 4.69) is 46.7 Å². The first-order valence-electron chi connectivity index (χ1n) is 9.59. The molecular weight excluding hydrogens is 439 g/mol. The number of hydrogen-bond acceptors (Lipinski definition) is 4. The Balaban J connectivity index is 1.75. The summed E-state index contributed by atoms with van der Waals surface area (Å²) in [4.78, 5) is 12.8. The molecule has 0 spiro atoms. The van der Waals surface area contributed by atoms with Crippen LogP contribution in [0, 0.1) is 12.8 Å². The Morgan fingerprint density at radius 3 is 2.43 bits per heavy atom. The van der Waals surface area contributed by atoms with Gasteiger partial charge < -0.3 is 9.88 Å². The molecule has 0 saturated carbocycles. The number of nitrogens with zero attached hydrogens (tertiary/aromatic N) is 3. The first-order chi connectivity index (χ1) is 14.3. The summed E-state index contributed by atoms with van der Waals surface area (Å²) in [6, 6.07) is 13.0. The fourth-order valence-electron chi connectivity index (χ4n) is 2.95. The van der Waals surface area contributed by atoms with Crippen molar-refractivity contribution in [1.29, 1.82) is 0 Å². The fraction of sp³-hybridized carbons (Fsp3) is 0.318. The number of rotatable bonds is 7. The second-order valence-corrected chi connectivity index (χ2v) is 9.26. The van der Waals surface area contributed by atoms with Crippen molar-refractivity contribution in [1.82, 2.24) is 20.1 Å². The van der Waals surface area contributed by atoms with Crippen LogP contribution in [0.1, 0.15) is 47.2 Å². The molecule has 8 heteroatoms. The standard InChI is InChI=1S/C22H24Cl2N4OS/c1-13(2)19(25-21(29)16-9-10-17(23)18(24)11-16)20-26-27-22(28(20)4)30-12-15-7-5-14(3)6-8-15/h5-11,13,19H,12H2,1-4H3,(H,25,29). The lowest BCUT2D eigenvalue weighted by Gasteiger charge is -2.22. The summed E-state index contributed by atoms with van der Waals surface area (Å²) < 4.78 is 1.94. The van der Waals surface area contributed by atoms with E-state index in [0.717, 1.165) is 10.9 Å². The van der Waals surface area contributed by atoms with E-state index in [9.17, 15) is 4.79 Å². The van der Waals surface area contributed by atoms with Gasteiger partial charge in [0, 0.05) is 18.4 Å². The molecule has 1 heterocycles. The number of nitrogens with one attached hydrogen (secondary N) is 1. The summed E-state index contributed by atoms with van der Waals surface area (Å²) in [6.45, 7) is 6.14. The van der Waals surface area contributed by atoms with Crippen LogP contribution in [-0.2, 0) is 12.8 Å². The molecule has 1 N–H and O–H groups in total. The zero-order valence-electron chi connectivity index (χ0n) is 17.3. The molecule has 0 aliphatic carbocycles. The fourth-order valence-corrected chi connectivity index (χ4v) is 4.12. The van der Waals surface area contributed by atoms with E-state index >= 15 is 0 Å². The molecule has 3 rings (SSSR count). The van der Waals surface area contributed by atoms with E-state index in [0.29, 0.717) is 21.4 Å². The Morgan fingerprint density at radius 2 is 1.80 bits per heavy atom. The van der Waals surface area contributed by atoms with Gasteiger partial charge in [0.15, 0.2) is 11.0 Å². The second kappa shape index (κ2) is 9.86. The van der Waals surface area contributed by atoms with Crippen LogP contribution in [0.4, 0.5) is 0 Å². The Labute approximate surface area is 191 Å². The highest BCUT2D eigenvalue weighted by molar-refractivity contribution is 7.98. The minimum absolute atomic E-state index is 0.120. The highest BCUT2D eigenvalue weighted by atomic mass is 35.5. The van der Waals surface area contributed by atoms with Crippen molar-refractivity contribution in [3.63, 3.8) is 0 Å². The van der Waals surface area contributed by atoms with Gasteiger partial charge in [-0.2, -0.15) is 0 Å². The molecule has 1 amide bonds. The van der Waals surface area contributed by atoms with Crippen LogP contribution in [0.25, 0.3) is 0 Å². The molecule has 30 heavy (non-hydrogen) atoms. The van der Waals surface area contributed by atoms with Crippen molar-refractivity contribution >= 4 is 40.9 Å². The van der Waals surface area contributed by atoms with Crippen LogP contribution in [0.3, 0.4) is 0 Å². The first-order valence-corrected chi connectivity index (χ1v) is 11.3.